The minimum atomic E-state index is -0.479. The maximum atomic E-state index is 12.8. The van der Waals surface area contributed by atoms with Crippen LogP contribution < -0.4 is 16.3 Å². The van der Waals surface area contributed by atoms with E-state index in [0.29, 0.717) is 16.9 Å². The lowest BCUT2D eigenvalue weighted by molar-refractivity contribution is -0.384. The average Bonchev–Trinajstić information content (AvgIpc) is 2.92. The second kappa shape index (κ2) is 8.48. The van der Waals surface area contributed by atoms with E-state index in [1.54, 1.807) is 30.8 Å². The predicted octanol–water partition coefficient (Wildman–Crippen LogP) is 2.71. The van der Waals surface area contributed by atoms with Gasteiger partial charge in [0.1, 0.15) is 5.69 Å². The summed E-state index contributed by atoms with van der Waals surface area (Å²) in [6.07, 6.45) is 1.40. The van der Waals surface area contributed by atoms with Gasteiger partial charge in [0.2, 0.25) is 0 Å². The molecule has 29 heavy (non-hydrogen) atoms. The quantitative estimate of drug-likeness (QED) is 0.290. The Hall–Kier alpha value is -3.79. The summed E-state index contributed by atoms with van der Waals surface area (Å²) in [6.45, 7) is 1.80. The van der Waals surface area contributed by atoms with E-state index in [-0.39, 0.29) is 16.4 Å². The maximum absolute atomic E-state index is 12.8. The summed E-state index contributed by atoms with van der Waals surface area (Å²) < 4.78 is 3.27. The Morgan fingerprint density at radius 2 is 1.93 bits per heavy atom. The van der Waals surface area contributed by atoms with E-state index in [1.165, 1.54) is 23.0 Å². The number of non-ortho nitro benzene ring substituents is 1. The number of hydrazone groups is 1. The van der Waals surface area contributed by atoms with Gasteiger partial charge in [0, 0.05) is 24.7 Å². The summed E-state index contributed by atoms with van der Waals surface area (Å²) in [6, 6.07) is 15.3. The lowest BCUT2D eigenvalue weighted by atomic mass is 10.2. The molecule has 0 aliphatic carbocycles. The summed E-state index contributed by atoms with van der Waals surface area (Å²) in [4.78, 5) is 23.2. The fraction of sp³-hybridized carbons (Fsp3) is 0.105. The second-order valence-electron chi connectivity index (χ2n) is 6.11. The maximum Gasteiger partial charge on any atom is 0.295 e. The van der Waals surface area contributed by atoms with Crippen molar-refractivity contribution in [2.75, 3.05) is 5.32 Å². The first kappa shape index (κ1) is 20.0. The van der Waals surface area contributed by atoms with Gasteiger partial charge in [-0.3, -0.25) is 25.0 Å². The number of nitrogens with zero attached hydrogens (tertiary/aromatic N) is 4. The molecule has 0 aliphatic heterocycles. The molecule has 0 fully saturated rings. The summed E-state index contributed by atoms with van der Waals surface area (Å²) in [5.74, 6) is 0. The molecule has 0 unspecified atom stereocenters. The van der Waals surface area contributed by atoms with E-state index in [0.717, 1.165) is 5.69 Å². The van der Waals surface area contributed by atoms with Gasteiger partial charge in [0.05, 0.1) is 22.5 Å². The van der Waals surface area contributed by atoms with E-state index in [1.807, 2.05) is 30.3 Å². The van der Waals surface area contributed by atoms with E-state index in [4.69, 9.17) is 12.2 Å². The first-order valence-electron chi connectivity index (χ1n) is 8.57. The number of anilines is 1. The molecule has 10 heteroatoms. The van der Waals surface area contributed by atoms with Crippen molar-refractivity contribution < 1.29 is 4.92 Å². The summed E-state index contributed by atoms with van der Waals surface area (Å²) in [7, 11) is 1.78. The van der Waals surface area contributed by atoms with Crippen molar-refractivity contribution in [3.05, 3.63) is 86.3 Å². The number of hydrogen-bond donors (Lipinski definition) is 2. The van der Waals surface area contributed by atoms with Gasteiger partial charge >= 0.3 is 0 Å². The molecule has 148 valence electrons. The predicted molar refractivity (Wildman–Crippen MR) is 116 cm³/mol. The molecule has 2 aromatic carbocycles. The standard InChI is InChI=1S/C19H18N6O3S/c1-13-17(18(26)24(23(13)2)15-8-4-3-5-9-15)21-19(29)22-20-12-14-7-6-10-16(11-14)25(27)28/h3-12H,1-2H3,(H2,21,22,29)/b20-12+. The first-order valence-corrected chi connectivity index (χ1v) is 8.98. The largest absolute Gasteiger partial charge is 0.325 e. The molecule has 0 saturated heterocycles. The van der Waals surface area contributed by atoms with Crippen LogP contribution in [0.5, 0.6) is 0 Å². The van der Waals surface area contributed by atoms with Crippen molar-refractivity contribution in [1.82, 2.24) is 14.8 Å². The van der Waals surface area contributed by atoms with E-state index >= 15 is 0 Å². The molecule has 0 saturated carbocycles. The number of para-hydroxylation sites is 1. The number of nitro benzene ring substituents is 1. The van der Waals surface area contributed by atoms with Crippen LogP contribution in [0.3, 0.4) is 0 Å². The van der Waals surface area contributed by atoms with Crippen LogP contribution >= 0.6 is 12.2 Å². The number of benzene rings is 2. The fourth-order valence-electron chi connectivity index (χ4n) is 2.74. The van der Waals surface area contributed by atoms with Gasteiger partial charge in [-0.1, -0.05) is 30.3 Å². The lowest BCUT2D eigenvalue weighted by Crippen LogP contribution is -2.28. The van der Waals surface area contributed by atoms with Crippen LogP contribution in [0.15, 0.2) is 64.5 Å². The Balaban J connectivity index is 1.74. The normalized spacial score (nSPS) is 10.8. The third-order valence-corrected chi connectivity index (χ3v) is 4.45. The molecule has 9 nitrogen and oxygen atoms in total. The molecule has 3 rings (SSSR count). The Bertz CT molecular complexity index is 1150. The fourth-order valence-corrected chi connectivity index (χ4v) is 2.89. The molecule has 0 atom stereocenters. The third-order valence-electron chi connectivity index (χ3n) is 4.25. The van der Waals surface area contributed by atoms with Crippen LogP contribution in [-0.2, 0) is 7.05 Å². The molecule has 0 aliphatic rings. The molecule has 0 radical (unpaired) electrons. The van der Waals surface area contributed by atoms with Gasteiger partial charge in [0.25, 0.3) is 11.2 Å². The highest BCUT2D eigenvalue weighted by Crippen LogP contribution is 2.14. The number of aromatic nitrogens is 2. The molecule has 3 aromatic rings. The van der Waals surface area contributed by atoms with Crippen LogP contribution in [0.4, 0.5) is 11.4 Å². The molecule has 1 heterocycles. The SMILES string of the molecule is Cc1c(NC(=S)N/N=C/c2cccc([N+](=O)[O-])c2)c(=O)n(-c2ccccc2)n1C. The van der Waals surface area contributed by atoms with E-state index in [2.05, 4.69) is 15.8 Å². The van der Waals surface area contributed by atoms with Gasteiger partial charge < -0.3 is 5.32 Å². The second-order valence-corrected chi connectivity index (χ2v) is 6.52. The molecule has 0 amide bonds. The van der Waals surface area contributed by atoms with Crippen molar-refractivity contribution >= 4 is 34.9 Å². The topological polar surface area (TPSA) is 106 Å². The zero-order valence-corrected chi connectivity index (χ0v) is 16.5. The van der Waals surface area contributed by atoms with Gasteiger partial charge in [-0.05, 0) is 31.3 Å². The molecule has 1 aromatic heterocycles. The smallest absolute Gasteiger partial charge is 0.295 e. The number of nitrogens with one attached hydrogen (secondary N) is 2. The Kier molecular flexibility index (Phi) is 5.84. The van der Waals surface area contributed by atoms with Crippen LogP contribution in [0.25, 0.3) is 5.69 Å². The van der Waals surface area contributed by atoms with E-state index in [9.17, 15) is 14.9 Å². The van der Waals surface area contributed by atoms with Crippen LogP contribution in [-0.4, -0.2) is 25.6 Å². The summed E-state index contributed by atoms with van der Waals surface area (Å²) in [5.41, 5.74) is 4.64. The van der Waals surface area contributed by atoms with Gasteiger partial charge in [-0.2, -0.15) is 5.10 Å². The Morgan fingerprint density at radius 3 is 2.62 bits per heavy atom. The Labute approximate surface area is 171 Å². The van der Waals surface area contributed by atoms with Crippen molar-refractivity contribution in [1.29, 1.82) is 0 Å². The van der Waals surface area contributed by atoms with Gasteiger partial charge in [0.15, 0.2) is 5.11 Å². The van der Waals surface area contributed by atoms with Crippen molar-refractivity contribution in [2.24, 2.45) is 12.1 Å². The van der Waals surface area contributed by atoms with Crippen LogP contribution in [0.1, 0.15) is 11.3 Å². The molecule has 0 spiro atoms. The van der Waals surface area contributed by atoms with Gasteiger partial charge in [-0.15, -0.1) is 0 Å². The Morgan fingerprint density at radius 1 is 1.21 bits per heavy atom. The molecular formula is C19H18N6O3S. The average molecular weight is 410 g/mol. The zero-order chi connectivity index (χ0) is 21.0. The number of rotatable bonds is 5. The molecule has 0 bridgehead atoms. The van der Waals surface area contributed by atoms with Crippen molar-refractivity contribution in [2.45, 2.75) is 6.92 Å². The van der Waals surface area contributed by atoms with E-state index < -0.39 is 4.92 Å². The molecule has 2 N–H and O–H groups in total. The summed E-state index contributed by atoms with van der Waals surface area (Å²) >= 11 is 5.21. The van der Waals surface area contributed by atoms with Crippen LogP contribution in [0, 0.1) is 17.0 Å². The van der Waals surface area contributed by atoms with Crippen molar-refractivity contribution in [3.63, 3.8) is 0 Å². The first-order chi connectivity index (χ1) is 13.9. The van der Waals surface area contributed by atoms with Crippen LogP contribution in [0.2, 0.25) is 0 Å². The third kappa shape index (κ3) is 4.38. The van der Waals surface area contributed by atoms with Gasteiger partial charge in [-0.25, -0.2) is 4.68 Å². The zero-order valence-electron chi connectivity index (χ0n) is 15.7. The monoisotopic (exact) mass is 410 g/mol. The number of thiocarbonyl (C=S) groups is 1. The number of hydrogen-bond acceptors (Lipinski definition) is 5. The molecular weight excluding hydrogens is 392 g/mol. The summed E-state index contributed by atoms with van der Waals surface area (Å²) in [5, 5.41) is 17.8. The minimum absolute atomic E-state index is 0.0315. The highest BCUT2D eigenvalue weighted by molar-refractivity contribution is 7.80. The number of nitro groups is 1. The minimum Gasteiger partial charge on any atom is -0.325 e. The highest BCUT2D eigenvalue weighted by atomic mass is 32.1. The van der Waals surface area contributed by atoms with Crippen molar-refractivity contribution in [3.8, 4) is 5.69 Å². The highest BCUT2D eigenvalue weighted by Gasteiger charge is 2.16. The lowest BCUT2D eigenvalue weighted by Gasteiger charge is -2.07.